The maximum Gasteiger partial charge on any atom is 0.125 e. The molecule has 0 aliphatic rings. The van der Waals surface area contributed by atoms with Crippen molar-refractivity contribution in [3.8, 4) is 0 Å². The third-order valence-electron chi connectivity index (χ3n) is 3.33. The third-order valence-corrected chi connectivity index (χ3v) is 4.07. The van der Waals surface area contributed by atoms with Crippen molar-refractivity contribution < 1.29 is 0 Å². The van der Waals surface area contributed by atoms with E-state index < -0.39 is 0 Å². The van der Waals surface area contributed by atoms with E-state index in [4.69, 9.17) is 11.6 Å². The molecule has 0 saturated carbocycles. The Bertz CT molecular complexity index is 767. The fraction of sp³-hybridized carbons (Fsp3) is 0.200. The van der Waals surface area contributed by atoms with Gasteiger partial charge in [0.1, 0.15) is 5.82 Å². The van der Waals surface area contributed by atoms with Crippen molar-refractivity contribution in [2.75, 3.05) is 0 Å². The van der Waals surface area contributed by atoms with E-state index in [1.807, 2.05) is 24.4 Å². The number of aryl methyl sites for hydroxylation is 1. The summed E-state index contributed by atoms with van der Waals surface area (Å²) in [6.07, 6.45) is 1.82. The summed E-state index contributed by atoms with van der Waals surface area (Å²) in [5, 5.41) is 0. The number of rotatable bonds is 3. The highest BCUT2D eigenvalue weighted by atomic mass is 79.9. The molecule has 2 aromatic heterocycles. The normalized spacial score (nSPS) is 11.2. The highest BCUT2D eigenvalue weighted by Gasteiger charge is 2.12. The van der Waals surface area contributed by atoms with Crippen molar-refractivity contribution in [3.05, 3.63) is 58.1 Å². The molecule has 0 unspecified atom stereocenters. The summed E-state index contributed by atoms with van der Waals surface area (Å²) >= 11 is 9.54. The summed E-state index contributed by atoms with van der Waals surface area (Å²) in [5.74, 6) is 1.25. The van der Waals surface area contributed by atoms with Crippen LogP contribution in [-0.2, 0) is 12.4 Å². The standard InChI is InChI=1S/C15H13BrClN3/c1-10-3-2-6-18-13(10)9-20-14-7-11(16)4-5-12(14)19-15(20)8-17/h2-7H,8-9H2,1H3. The summed E-state index contributed by atoms with van der Waals surface area (Å²) in [7, 11) is 0. The molecule has 0 N–H and O–H groups in total. The first kappa shape index (κ1) is 13.6. The lowest BCUT2D eigenvalue weighted by Gasteiger charge is -2.09. The Kier molecular flexibility index (Phi) is 3.76. The maximum atomic E-state index is 6.03. The Balaban J connectivity index is 2.14. The second-order valence-electron chi connectivity index (χ2n) is 4.65. The van der Waals surface area contributed by atoms with Gasteiger partial charge in [-0.2, -0.15) is 0 Å². The van der Waals surface area contributed by atoms with Gasteiger partial charge in [-0.3, -0.25) is 4.98 Å². The van der Waals surface area contributed by atoms with Crippen molar-refractivity contribution in [2.45, 2.75) is 19.3 Å². The van der Waals surface area contributed by atoms with E-state index in [1.165, 1.54) is 5.56 Å². The van der Waals surface area contributed by atoms with Gasteiger partial charge in [-0.1, -0.05) is 22.0 Å². The minimum absolute atomic E-state index is 0.387. The van der Waals surface area contributed by atoms with Crippen LogP contribution in [0.2, 0.25) is 0 Å². The zero-order chi connectivity index (χ0) is 14.1. The van der Waals surface area contributed by atoms with E-state index in [9.17, 15) is 0 Å². The number of pyridine rings is 1. The molecule has 0 radical (unpaired) electrons. The smallest absolute Gasteiger partial charge is 0.125 e. The average Bonchev–Trinajstić information content (AvgIpc) is 2.79. The Morgan fingerprint density at radius 1 is 1.30 bits per heavy atom. The number of hydrogen-bond donors (Lipinski definition) is 0. The second kappa shape index (κ2) is 5.54. The topological polar surface area (TPSA) is 30.7 Å². The SMILES string of the molecule is Cc1cccnc1Cn1c(CCl)nc2ccc(Br)cc21. The van der Waals surface area contributed by atoms with Crippen LogP contribution in [0.3, 0.4) is 0 Å². The van der Waals surface area contributed by atoms with Gasteiger partial charge in [0.15, 0.2) is 0 Å². The van der Waals surface area contributed by atoms with Crippen LogP contribution in [0, 0.1) is 6.92 Å². The minimum atomic E-state index is 0.387. The molecule has 0 amide bonds. The molecule has 0 fully saturated rings. The van der Waals surface area contributed by atoms with Crippen LogP contribution >= 0.6 is 27.5 Å². The van der Waals surface area contributed by atoms with E-state index in [2.05, 4.69) is 49.5 Å². The van der Waals surface area contributed by atoms with Gasteiger partial charge >= 0.3 is 0 Å². The van der Waals surface area contributed by atoms with Crippen LogP contribution in [0.5, 0.6) is 0 Å². The number of halogens is 2. The first-order valence-corrected chi connectivity index (χ1v) is 7.63. The van der Waals surface area contributed by atoms with Crippen molar-refractivity contribution in [1.82, 2.24) is 14.5 Å². The minimum Gasteiger partial charge on any atom is -0.321 e. The van der Waals surface area contributed by atoms with Crippen LogP contribution in [-0.4, -0.2) is 14.5 Å². The van der Waals surface area contributed by atoms with Gasteiger partial charge in [0.05, 0.1) is 29.2 Å². The number of benzene rings is 1. The van der Waals surface area contributed by atoms with Crippen molar-refractivity contribution >= 4 is 38.6 Å². The van der Waals surface area contributed by atoms with E-state index in [0.717, 1.165) is 27.0 Å². The predicted octanol–water partition coefficient (Wildman–Crippen LogP) is 4.29. The van der Waals surface area contributed by atoms with Crippen LogP contribution in [0.1, 0.15) is 17.1 Å². The number of nitrogens with zero attached hydrogens (tertiary/aromatic N) is 3. The maximum absolute atomic E-state index is 6.03. The Hall–Kier alpha value is -1.39. The molecule has 0 saturated heterocycles. The molecule has 0 atom stereocenters. The molecule has 3 nitrogen and oxygen atoms in total. The van der Waals surface area contributed by atoms with E-state index in [-0.39, 0.29) is 0 Å². The summed E-state index contributed by atoms with van der Waals surface area (Å²) in [4.78, 5) is 9.03. The number of alkyl halides is 1. The van der Waals surface area contributed by atoms with E-state index in [0.29, 0.717) is 12.4 Å². The molecular formula is C15H13BrClN3. The van der Waals surface area contributed by atoms with Gasteiger partial charge in [0.2, 0.25) is 0 Å². The van der Waals surface area contributed by atoms with Crippen LogP contribution in [0.15, 0.2) is 41.0 Å². The van der Waals surface area contributed by atoms with Gasteiger partial charge in [0.25, 0.3) is 0 Å². The molecule has 0 bridgehead atoms. The highest BCUT2D eigenvalue weighted by Crippen LogP contribution is 2.23. The molecule has 0 spiro atoms. The van der Waals surface area contributed by atoms with Gasteiger partial charge in [-0.15, -0.1) is 11.6 Å². The Morgan fingerprint density at radius 3 is 2.90 bits per heavy atom. The monoisotopic (exact) mass is 349 g/mol. The van der Waals surface area contributed by atoms with Gasteiger partial charge in [-0.05, 0) is 36.8 Å². The summed E-state index contributed by atoms with van der Waals surface area (Å²) in [5.41, 5.74) is 4.24. The number of aromatic nitrogens is 3. The van der Waals surface area contributed by atoms with Gasteiger partial charge in [0, 0.05) is 10.7 Å². The van der Waals surface area contributed by atoms with Gasteiger partial charge < -0.3 is 4.57 Å². The summed E-state index contributed by atoms with van der Waals surface area (Å²) in [6.45, 7) is 2.75. The molecule has 3 rings (SSSR count). The third kappa shape index (κ3) is 2.45. The number of hydrogen-bond acceptors (Lipinski definition) is 2. The number of fused-ring (bicyclic) bond motifs is 1. The van der Waals surface area contributed by atoms with E-state index in [1.54, 1.807) is 0 Å². The lowest BCUT2D eigenvalue weighted by atomic mass is 10.2. The fourth-order valence-corrected chi connectivity index (χ4v) is 2.81. The quantitative estimate of drug-likeness (QED) is 0.660. The molecule has 20 heavy (non-hydrogen) atoms. The molecule has 3 aromatic rings. The van der Waals surface area contributed by atoms with E-state index >= 15 is 0 Å². The molecule has 0 aliphatic heterocycles. The lowest BCUT2D eigenvalue weighted by molar-refractivity contribution is 0.752. The molecule has 2 heterocycles. The van der Waals surface area contributed by atoms with Crippen LogP contribution in [0.4, 0.5) is 0 Å². The summed E-state index contributed by atoms with van der Waals surface area (Å²) < 4.78 is 3.16. The molecule has 0 aliphatic carbocycles. The highest BCUT2D eigenvalue weighted by molar-refractivity contribution is 9.10. The molecule has 102 valence electrons. The Morgan fingerprint density at radius 2 is 2.15 bits per heavy atom. The summed E-state index contributed by atoms with van der Waals surface area (Å²) in [6, 6.07) is 10.1. The first-order chi connectivity index (χ1) is 9.69. The van der Waals surface area contributed by atoms with Crippen molar-refractivity contribution in [1.29, 1.82) is 0 Å². The lowest BCUT2D eigenvalue weighted by Crippen LogP contribution is -2.06. The fourth-order valence-electron chi connectivity index (χ4n) is 2.26. The van der Waals surface area contributed by atoms with Crippen LogP contribution in [0.25, 0.3) is 11.0 Å². The van der Waals surface area contributed by atoms with Crippen molar-refractivity contribution in [2.24, 2.45) is 0 Å². The largest absolute Gasteiger partial charge is 0.321 e. The molecular weight excluding hydrogens is 338 g/mol. The number of imidazole rings is 1. The molecule has 1 aromatic carbocycles. The van der Waals surface area contributed by atoms with Crippen LogP contribution < -0.4 is 0 Å². The van der Waals surface area contributed by atoms with Crippen molar-refractivity contribution in [3.63, 3.8) is 0 Å². The Labute approximate surface area is 130 Å². The first-order valence-electron chi connectivity index (χ1n) is 6.30. The predicted molar refractivity (Wildman–Crippen MR) is 85.1 cm³/mol. The second-order valence-corrected chi connectivity index (χ2v) is 5.83. The zero-order valence-corrected chi connectivity index (χ0v) is 13.3. The average molecular weight is 351 g/mol. The molecule has 5 heteroatoms. The van der Waals surface area contributed by atoms with Gasteiger partial charge in [-0.25, -0.2) is 4.98 Å². The zero-order valence-electron chi connectivity index (χ0n) is 11.0.